The predicted molar refractivity (Wildman–Crippen MR) is 36.7 cm³/mol. The van der Waals surface area contributed by atoms with Crippen LogP contribution in [-0.2, 0) is 0 Å². The fourth-order valence-electron chi connectivity index (χ4n) is 0. The van der Waals surface area contributed by atoms with Gasteiger partial charge in [-0.1, -0.05) is 31.9 Å². The third-order valence-electron chi connectivity index (χ3n) is 0.196. The Hall–Kier alpha value is 1.25. The first-order chi connectivity index (χ1) is 2.56. The standard InChI is InChI=1S/C3H4Br2Cl/c1-3(5,6)2-4/h1-2H2. The molecule has 0 saturated heterocycles. The van der Waals surface area contributed by atoms with Crippen LogP contribution in [0.1, 0.15) is 0 Å². The maximum atomic E-state index is 5.48. The van der Waals surface area contributed by atoms with E-state index in [2.05, 4.69) is 38.8 Å². The summed E-state index contributed by atoms with van der Waals surface area (Å²) in [5.41, 5.74) is 0. The second-order valence-corrected chi connectivity index (χ2v) is 4.25. The van der Waals surface area contributed by atoms with Crippen molar-refractivity contribution < 1.29 is 0 Å². The fourth-order valence-corrected chi connectivity index (χ4v) is 0. The molecule has 0 amide bonds. The molecule has 37 valence electrons. The van der Waals surface area contributed by atoms with E-state index in [1.165, 1.54) is 0 Å². The number of rotatable bonds is 1. The maximum Gasteiger partial charge on any atom is 0.109 e. The van der Waals surface area contributed by atoms with Gasteiger partial charge in [-0.3, -0.25) is 0 Å². The SMILES string of the molecule is [CH2]C(Cl)(Br)CBr. The molecule has 0 heterocycles. The first-order valence-corrected chi connectivity index (χ1v) is 3.64. The minimum Gasteiger partial charge on any atom is -0.106 e. The Morgan fingerprint density at radius 3 is 2.00 bits per heavy atom. The van der Waals surface area contributed by atoms with Crippen molar-refractivity contribution in [2.24, 2.45) is 0 Å². The van der Waals surface area contributed by atoms with Crippen molar-refractivity contribution in [2.75, 3.05) is 5.33 Å². The maximum absolute atomic E-state index is 5.48. The molecule has 0 aromatic carbocycles. The van der Waals surface area contributed by atoms with Crippen LogP contribution in [0.4, 0.5) is 0 Å². The van der Waals surface area contributed by atoms with E-state index < -0.39 is 3.78 Å². The molecule has 1 unspecified atom stereocenters. The summed E-state index contributed by atoms with van der Waals surface area (Å²) in [5.74, 6) is 0. The molecular weight excluding hydrogens is 231 g/mol. The zero-order valence-electron chi connectivity index (χ0n) is 3.05. The lowest BCUT2D eigenvalue weighted by Gasteiger charge is -2.04. The smallest absolute Gasteiger partial charge is 0.106 e. The minimum absolute atomic E-state index is 0.507. The van der Waals surface area contributed by atoms with Gasteiger partial charge in [-0.2, -0.15) is 0 Å². The number of halogens is 3. The second kappa shape index (κ2) is 2.53. The Morgan fingerprint density at radius 1 is 1.83 bits per heavy atom. The predicted octanol–water partition coefficient (Wildman–Crippen LogP) is 2.55. The molecule has 0 fully saturated rings. The Morgan fingerprint density at radius 2 is 2.00 bits per heavy atom. The van der Waals surface area contributed by atoms with Crippen LogP contribution >= 0.6 is 43.5 Å². The van der Waals surface area contributed by atoms with E-state index in [0.29, 0.717) is 5.33 Å². The normalized spacial score (nSPS) is 20.0. The van der Waals surface area contributed by atoms with Crippen LogP contribution in [0.5, 0.6) is 0 Å². The first-order valence-electron chi connectivity index (χ1n) is 1.35. The lowest BCUT2D eigenvalue weighted by atomic mass is 10.6. The molecular formula is C3H4Br2Cl. The lowest BCUT2D eigenvalue weighted by Crippen LogP contribution is -2.05. The highest BCUT2D eigenvalue weighted by atomic mass is 79.9. The molecule has 0 aromatic heterocycles. The van der Waals surface area contributed by atoms with E-state index in [0.717, 1.165) is 0 Å². The quantitative estimate of drug-likeness (QED) is 0.613. The highest BCUT2D eigenvalue weighted by Crippen LogP contribution is 2.23. The lowest BCUT2D eigenvalue weighted by molar-refractivity contribution is 1.20. The van der Waals surface area contributed by atoms with Crippen molar-refractivity contribution in [1.29, 1.82) is 0 Å². The van der Waals surface area contributed by atoms with Crippen LogP contribution < -0.4 is 0 Å². The number of hydrogen-bond acceptors (Lipinski definition) is 0. The van der Waals surface area contributed by atoms with Crippen LogP contribution in [0.3, 0.4) is 0 Å². The van der Waals surface area contributed by atoms with Gasteiger partial charge in [0, 0.05) is 5.33 Å². The summed E-state index contributed by atoms with van der Waals surface area (Å²) >= 11 is 11.7. The van der Waals surface area contributed by atoms with Crippen LogP contribution in [0.2, 0.25) is 0 Å². The summed E-state index contributed by atoms with van der Waals surface area (Å²) in [6, 6.07) is 0. The van der Waals surface area contributed by atoms with Crippen molar-refractivity contribution in [1.82, 2.24) is 0 Å². The summed E-state index contributed by atoms with van der Waals surface area (Å²) in [5, 5.41) is 0.654. The Kier molecular flexibility index (Phi) is 3.06. The zero-order chi connectivity index (χ0) is 5.21. The van der Waals surface area contributed by atoms with Crippen molar-refractivity contribution >= 4 is 43.5 Å². The van der Waals surface area contributed by atoms with Crippen molar-refractivity contribution in [3.63, 3.8) is 0 Å². The molecule has 0 saturated carbocycles. The average Bonchev–Trinajstić information content (AvgIpc) is 1.35. The van der Waals surface area contributed by atoms with Crippen LogP contribution in [0.15, 0.2) is 0 Å². The van der Waals surface area contributed by atoms with Gasteiger partial charge in [0.15, 0.2) is 0 Å². The molecule has 1 radical (unpaired) electrons. The van der Waals surface area contributed by atoms with Crippen molar-refractivity contribution in [2.45, 2.75) is 3.78 Å². The van der Waals surface area contributed by atoms with Gasteiger partial charge in [-0.15, -0.1) is 11.6 Å². The molecule has 0 spiro atoms. The highest BCUT2D eigenvalue weighted by molar-refractivity contribution is 9.12. The molecule has 0 N–H and O–H groups in total. The van der Waals surface area contributed by atoms with Crippen LogP contribution in [0, 0.1) is 6.92 Å². The number of alkyl halides is 3. The molecule has 3 heteroatoms. The zero-order valence-corrected chi connectivity index (χ0v) is 6.98. The van der Waals surface area contributed by atoms with Gasteiger partial charge >= 0.3 is 0 Å². The van der Waals surface area contributed by atoms with Gasteiger partial charge in [0.25, 0.3) is 0 Å². The highest BCUT2D eigenvalue weighted by Gasteiger charge is 2.11. The van der Waals surface area contributed by atoms with Crippen molar-refractivity contribution in [3.05, 3.63) is 6.92 Å². The van der Waals surface area contributed by atoms with E-state index in [4.69, 9.17) is 11.6 Å². The summed E-state index contributed by atoms with van der Waals surface area (Å²) in [6.45, 7) is 3.52. The van der Waals surface area contributed by atoms with Gasteiger partial charge in [-0.05, 0) is 6.92 Å². The van der Waals surface area contributed by atoms with Crippen LogP contribution in [0.25, 0.3) is 0 Å². The minimum atomic E-state index is -0.507. The van der Waals surface area contributed by atoms with E-state index in [9.17, 15) is 0 Å². The Balaban J connectivity index is 3.17. The largest absolute Gasteiger partial charge is 0.109 e. The van der Waals surface area contributed by atoms with E-state index >= 15 is 0 Å². The summed E-state index contributed by atoms with van der Waals surface area (Å²) < 4.78 is -0.507. The molecule has 0 nitrogen and oxygen atoms in total. The topological polar surface area (TPSA) is 0 Å². The molecule has 0 rings (SSSR count). The second-order valence-electron chi connectivity index (χ2n) is 0.990. The third-order valence-corrected chi connectivity index (χ3v) is 2.64. The van der Waals surface area contributed by atoms with E-state index in [-0.39, 0.29) is 0 Å². The Labute approximate surface area is 59.5 Å². The molecule has 1 atom stereocenters. The molecule has 6 heavy (non-hydrogen) atoms. The van der Waals surface area contributed by atoms with Gasteiger partial charge in [0.2, 0.25) is 0 Å². The fraction of sp³-hybridized carbons (Fsp3) is 0.667. The molecule has 0 bridgehead atoms. The third kappa shape index (κ3) is 5.25. The summed E-state index contributed by atoms with van der Waals surface area (Å²) in [6.07, 6.45) is 0. The average molecular weight is 235 g/mol. The Bertz CT molecular complexity index is 38.5. The molecule has 0 aliphatic carbocycles. The van der Waals surface area contributed by atoms with E-state index in [1.54, 1.807) is 0 Å². The van der Waals surface area contributed by atoms with Crippen LogP contribution in [-0.4, -0.2) is 9.11 Å². The first kappa shape index (κ1) is 7.25. The molecule has 0 aliphatic rings. The van der Waals surface area contributed by atoms with Gasteiger partial charge < -0.3 is 0 Å². The molecule has 0 aliphatic heterocycles. The van der Waals surface area contributed by atoms with Gasteiger partial charge in [0.05, 0.1) is 0 Å². The van der Waals surface area contributed by atoms with Crippen molar-refractivity contribution in [3.8, 4) is 0 Å². The molecule has 0 aromatic rings. The van der Waals surface area contributed by atoms with Gasteiger partial charge in [-0.25, -0.2) is 0 Å². The van der Waals surface area contributed by atoms with Gasteiger partial charge in [0.1, 0.15) is 3.78 Å². The van der Waals surface area contributed by atoms with E-state index in [1.807, 2.05) is 0 Å². The monoisotopic (exact) mass is 233 g/mol. The summed E-state index contributed by atoms with van der Waals surface area (Å²) in [7, 11) is 0. The summed E-state index contributed by atoms with van der Waals surface area (Å²) in [4.78, 5) is 0. The number of hydrogen-bond donors (Lipinski definition) is 0.